The number of phenolic OH excluding ortho intramolecular Hbond substituents is 2. The number of carboxylic acid groups (broad SMARTS) is 2. The molecule has 2 aromatic rings. The lowest BCUT2D eigenvalue weighted by Crippen LogP contribution is -2.07. The van der Waals surface area contributed by atoms with E-state index in [9.17, 15) is 30.0 Å². The highest BCUT2D eigenvalue weighted by atomic mass is 32.2. The van der Waals surface area contributed by atoms with Crippen LogP contribution >= 0.6 is 11.8 Å². The van der Waals surface area contributed by atoms with Crippen molar-refractivity contribution in [2.75, 3.05) is 0 Å². The number of rotatable bonds is 6. The fraction of sp³-hybridized carbons (Fsp3) is 0.300. The number of carbonyl (C=O) groups is 2. The first-order valence-electron chi connectivity index (χ1n) is 8.42. The van der Waals surface area contributed by atoms with E-state index in [0.29, 0.717) is 20.9 Å². The summed E-state index contributed by atoms with van der Waals surface area (Å²) < 4.78 is 0. The molecule has 0 saturated carbocycles. The standard InChI is InChI=1S/C20H22O6S/c1-9(2)15-11(19(23)24)5-7-13(21)17(15)27-18-14(22)8-6-12(20(25)26)16(18)10(3)4/h5-10,21-22H,1-4H3,(H,23,24)(H,25,26). The van der Waals surface area contributed by atoms with Crippen LogP contribution in [0.3, 0.4) is 0 Å². The maximum Gasteiger partial charge on any atom is 0.336 e. The molecule has 0 spiro atoms. The maximum atomic E-state index is 11.6. The van der Waals surface area contributed by atoms with E-state index in [1.165, 1.54) is 24.3 Å². The van der Waals surface area contributed by atoms with E-state index in [4.69, 9.17) is 0 Å². The predicted octanol–water partition coefficient (Wildman–Crippen LogP) is 4.89. The molecule has 0 saturated heterocycles. The Morgan fingerprint density at radius 1 is 0.741 bits per heavy atom. The Balaban J connectivity index is 2.78. The Labute approximate surface area is 161 Å². The molecule has 0 amide bonds. The monoisotopic (exact) mass is 390 g/mol. The van der Waals surface area contributed by atoms with Crippen LogP contribution < -0.4 is 0 Å². The third-order valence-corrected chi connectivity index (χ3v) is 5.44. The molecule has 0 bridgehead atoms. The van der Waals surface area contributed by atoms with Gasteiger partial charge in [0.25, 0.3) is 0 Å². The molecule has 0 aliphatic rings. The molecule has 0 aromatic heterocycles. The van der Waals surface area contributed by atoms with Crippen LogP contribution in [0.2, 0.25) is 0 Å². The van der Waals surface area contributed by atoms with Gasteiger partial charge in [-0.15, -0.1) is 0 Å². The molecule has 6 nitrogen and oxygen atoms in total. The molecule has 0 fully saturated rings. The summed E-state index contributed by atoms with van der Waals surface area (Å²) in [6.45, 7) is 7.23. The third kappa shape index (κ3) is 4.03. The highest BCUT2D eigenvalue weighted by molar-refractivity contribution is 7.99. The van der Waals surface area contributed by atoms with Crippen molar-refractivity contribution >= 4 is 23.7 Å². The van der Waals surface area contributed by atoms with Crippen molar-refractivity contribution in [2.24, 2.45) is 0 Å². The molecule has 27 heavy (non-hydrogen) atoms. The lowest BCUT2D eigenvalue weighted by molar-refractivity contribution is 0.0684. The second-order valence-electron chi connectivity index (χ2n) is 6.77. The number of carboxylic acids is 2. The fourth-order valence-corrected chi connectivity index (χ4v) is 4.47. The van der Waals surface area contributed by atoms with Crippen LogP contribution in [0.4, 0.5) is 0 Å². The summed E-state index contributed by atoms with van der Waals surface area (Å²) >= 11 is 0.987. The predicted molar refractivity (Wildman–Crippen MR) is 102 cm³/mol. The summed E-state index contributed by atoms with van der Waals surface area (Å²) in [5.74, 6) is -2.90. The molecule has 0 unspecified atom stereocenters. The van der Waals surface area contributed by atoms with E-state index in [1.54, 1.807) is 0 Å². The van der Waals surface area contributed by atoms with E-state index in [0.717, 1.165) is 11.8 Å². The van der Waals surface area contributed by atoms with Crippen LogP contribution in [0, 0.1) is 0 Å². The van der Waals surface area contributed by atoms with Crippen LogP contribution in [0.15, 0.2) is 34.1 Å². The van der Waals surface area contributed by atoms with Crippen molar-refractivity contribution in [1.29, 1.82) is 0 Å². The van der Waals surface area contributed by atoms with Gasteiger partial charge in [0, 0.05) is 0 Å². The van der Waals surface area contributed by atoms with Crippen LogP contribution in [0.5, 0.6) is 11.5 Å². The first-order chi connectivity index (χ1) is 12.6. The zero-order valence-corrected chi connectivity index (χ0v) is 16.3. The van der Waals surface area contributed by atoms with Gasteiger partial charge < -0.3 is 20.4 Å². The smallest absolute Gasteiger partial charge is 0.336 e. The lowest BCUT2D eigenvalue weighted by Gasteiger charge is -2.21. The van der Waals surface area contributed by atoms with Crippen LogP contribution in [-0.4, -0.2) is 32.4 Å². The van der Waals surface area contributed by atoms with Gasteiger partial charge >= 0.3 is 11.9 Å². The highest BCUT2D eigenvalue weighted by Gasteiger charge is 2.25. The van der Waals surface area contributed by atoms with E-state index in [1.807, 2.05) is 27.7 Å². The summed E-state index contributed by atoms with van der Waals surface area (Å²) in [7, 11) is 0. The van der Waals surface area contributed by atoms with E-state index in [2.05, 4.69) is 0 Å². The summed E-state index contributed by atoms with van der Waals surface area (Å²) in [6, 6.07) is 5.28. The Kier molecular flexibility index (Phi) is 6.05. The Hall–Kier alpha value is -2.67. The topological polar surface area (TPSA) is 115 Å². The Morgan fingerprint density at radius 2 is 1.07 bits per heavy atom. The van der Waals surface area contributed by atoms with Crippen molar-refractivity contribution in [2.45, 2.75) is 49.3 Å². The minimum Gasteiger partial charge on any atom is -0.507 e. The normalized spacial score (nSPS) is 11.2. The maximum absolute atomic E-state index is 11.6. The molecular formula is C20H22O6S. The largest absolute Gasteiger partial charge is 0.507 e. The van der Waals surface area contributed by atoms with Gasteiger partial charge in [-0.2, -0.15) is 0 Å². The molecule has 0 aliphatic carbocycles. The first-order valence-corrected chi connectivity index (χ1v) is 9.24. The van der Waals surface area contributed by atoms with Crippen molar-refractivity contribution in [3.8, 4) is 11.5 Å². The van der Waals surface area contributed by atoms with Gasteiger partial charge in [-0.25, -0.2) is 9.59 Å². The average molecular weight is 390 g/mol. The molecular weight excluding hydrogens is 368 g/mol. The van der Waals surface area contributed by atoms with Gasteiger partial charge in [-0.05, 0) is 47.2 Å². The lowest BCUT2D eigenvalue weighted by atomic mass is 9.96. The van der Waals surface area contributed by atoms with E-state index in [-0.39, 0.29) is 34.5 Å². The number of aromatic hydroxyl groups is 2. The van der Waals surface area contributed by atoms with Crippen LogP contribution in [0.25, 0.3) is 0 Å². The number of aromatic carboxylic acids is 2. The summed E-state index contributed by atoms with van der Waals surface area (Å²) in [6.07, 6.45) is 0. The summed E-state index contributed by atoms with van der Waals surface area (Å²) in [5, 5.41) is 39.8. The zero-order chi connectivity index (χ0) is 20.5. The fourth-order valence-electron chi connectivity index (χ4n) is 3.01. The molecule has 0 atom stereocenters. The second kappa shape index (κ2) is 7.92. The highest BCUT2D eigenvalue weighted by Crippen LogP contribution is 2.47. The molecule has 2 rings (SSSR count). The Bertz CT molecular complexity index is 828. The molecule has 0 aliphatic heterocycles. The van der Waals surface area contributed by atoms with Gasteiger partial charge in [0.1, 0.15) is 11.5 Å². The first kappa shape index (κ1) is 20.6. The molecule has 7 heteroatoms. The zero-order valence-electron chi connectivity index (χ0n) is 15.5. The number of hydrogen-bond donors (Lipinski definition) is 4. The molecule has 144 valence electrons. The number of hydrogen-bond acceptors (Lipinski definition) is 5. The van der Waals surface area contributed by atoms with Crippen molar-refractivity contribution < 1.29 is 30.0 Å². The number of benzene rings is 2. The molecule has 0 radical (unpaired) electrons. The van der Waals surface area contributed by atoms with Gasteiger partial charge in [-0.3, -0.25) is 0 Å². The van der Waals surface area contributed by atoms with Crippen molar-refractivity contribution in [3.05, 3.63) is 46.5 Å². The van der Waals surface area contributed by atoms with Gasteiger partial charge in [0.05, 0.1) is 20.9 Å². The SMILES string of the molecule is CC(C)c1c(C(=O)O)ccc(O)c1Sc1c(O)ccc(C(=O)O)c1C(C)C. The number of phenols is 2. The molecule has 0 heterocycles. The van der Waals surface area contributed by atoms with Crippen molar-refractivity contribution in [1.82, 2.24) is 0 Å². The second-order valence-corrected chi connectivity index (χ2v) is 7.79. The minimum atomic E-state index is -1.12. The minimum absolute atomic E-state index is 0.0604. The van der Waals surface area contributed by atoms with Gasteiger partial charge in [0.15, 0.2) is 0 Å². The van der Waals surface area contributed by atoms with Crippen LogP contribution in [0.1, 0.15) is 71.4 Å². The molecule has 4 N–H and O–H groups in total. The quantitative estimate of drug-likeness (QED) is 0.555. The van der Waals surface area contributed by atoms with Gasteiger partial charge in [-0.1, -0.05) is 39.5 Å². The summed E-state index contributed by atoms with van der Waals surface area (Å²) in [5.41, 5.74) is 0.986. The van der Waals surface area contributed by atoms with Crippen LogP contribution in [-0.2, 0) is 0 Å². The van der Waals surface area contributed by atoms with Gasteiger partial charge in [0.2, 0.25) is 0 Å². The molecule has 2 aromatic carbocycles. The third-order valence-electron chi connectivity index (χ3n) is 4.17. The average Bonchev–Trinajstić information content (AvgIpc) is 2.56. The van der Waals surface area contributed by atoms with E-state index >= 15 is 0 Å². The van der Waals surface area contributed by atoms with E-state index < -0.39 is 11.9 Å². The van der Waals surface area contributed by atoms with Crippen molar-refractivity contribution in [3.63, 3.8) is 0 Å². The Morgan fingerprint density at radius 3 is 1.33 bits per heavy atom. The summed E-state index contributed by atoms with van der Waals surface area (Å²) in [4.78, 5) is 23.8.